The summed E-state index contributed by atoms with van der Waals surface area (Å²) in [6.07, 6.45) is 1.67. The minimum atomic E-state index is -0.997. The van der Waals surface area contributed by atoms with Gasteiger partial charge in [-0.2, -0.15) is 4.98 Å². The van der Waals surface area contributed by atoms with Crippen LogP contribution in [-0.2, 0) is 4.79 Å². The van der Waals surface area contributed by atoms with Gasteiger partial charge < -0.3 is 20.5 Å². The molecule has 3 N–H and O–H groups in total. The van der Waals surface area contributed by atoms with E-state index in [9.17, 15) is 4.79 Å². The van der Waals surface area contributed by atoms with Gasteiger partial charge in [0.25, 0.3) is 0 Å². The molecule has 27 heavy (non-hydrogen) atoms. The smallest absolute Gasteiger partial charge is 0.322 e. The fourth-order valence-corrected chi connectivity index (χ4v) is 2.34. The SMILES string of the molecule is CCOc1ccc(Nc2cc(-c3ccccn3)nc(NCC(=O)O)n2)cc1. The van der Waals surface area contributed by atoms with E-state index in [4.69, 9.17) is 9.84 Å². The Bertz CT molecular complexity index is 901. The van der Waals surface area contributed by atoms with Crippen LogP contribution in [0.5, 0.6) is 5.75 Å². The summed E-state index contributed by atoms with van der Waals surface area (Å²) in [5.74, 6) is 0.503. The van der Waals surface area contributed by atoms with Crippen LogP contribution >= 0.6 is 0 Å². The van der Waals surface area contributed by atoms with Crippen LogP contribution in [0, 0.1) is 0 Å². The van der Waals surface area contributed by atoms with Gasteiger partial charge in [0.2, 0.25) is 5.95 Å². The van der Waals surface area contributed by atoms with E-state index < -0.39 is 5.97 Å². The molecule has 0 fully saturated rings. The standard InChI is InChI=1S/C19H19N5O3/c1-2-27-14-8-6-13(7-9-14)22-17-11-16(15-5-3-4-10-20-15)23-19(24-17)21-12-18(25)26/h3-11H,2,12H2,1H3,(H,25,26)(H2,21,22,23,24). The van der Waals surface area contributed by atoms with Crippen molar-refractivity contribution in [3.05, 3.63) is 54.7 Å². The first-order valence-electron chi connectivity index (χ1n) is 8.40. The van der Waals surface area contributed by atoms with Crippen LogP contribution < -0.4 is 15.4 Å². The third-order valence-corrected chi connectivity index (χ3v) is 3.49. The van der Waals surface area contributed by atoms with Crippen molar-refractivity contribution in [2.75, 3.05) is 23.8 Å². The number of nitrogens with zero attached hydrogens (tertiary/aromatic N) is 3. The lowest BCUT2D eigenvalue weighted by atomic mass is 10.2. The van der Waals surface area contributed by atoms with Gasteiger partial charge >= 0.3 is 5.97 Å². The second-order valence-electron chi connectivity index (χ2n) is 5.51. The Kier molecular flexibility index (Phi) is 5.78. The number of aliphatic carboxylic acids is 1. The predicted molar refractivity (Wildman–Crippen MR) is 102 cm³/mol. The molecular formula is C19H19N5O3. The number of pyridine rings is 1. The highest BCUT2D eigenvalue weighted by atomic mass is 16.5. The molecule has 3 rings (SSSR count). The number of nitrogens with one attached hydrogen (secondary N) is 2. The number of hydrogen-bond acceptors (Lipinski definition) is 7. The van der Waals surface area contributed by atoms with Gasteiger partial charge in [-0.05, 0) is 43.3 Å². The summed E-state index contributed by atoms with van der Waals surface area (Å²) in [6, 6.07) is 14.7. The number of carbonyl (C=O) groups is 1. The zero-order valence-corrected chi connectivity index (χ0v) is 14.7. The van der Waals surface area contributed by atoms with Gasteiger partial charge in [0, 0.05) is 18.0 Å². The second-order valence-corrected chi connectivity index (χ2v) is 5.51. The summed E-state index contributed by atoms with van der Waals surface area (Å²) in [5, 5.41) is 14.8. The van der Waals surface area contributed by atoms with Gasteiger partial charge in [-0.15, -0.1) is 0 Å². The molecule has 0 radical (unpaired) electrons. The van der Waals surface area contributed by atoms with Crippen LogP contribution in [0.4, 0.5) is 17.5 Å². The summed E-state index contributed by atoms with van der Waals surface area (Å²) in [4.78, 5) is 23.8. The molecule has 0 spiro atoms. The Morgan fingerprint density at radius 2 is 1.93 bits per heavy atom. The molecule has 2 aromatic heterocycles. The highest BCUT2D eigenvalue weighted by molar-refractivity contribution is 5.72. The quantitative estimate of drug-likeness (QED) is 0.558. The molecule has 0 atom stereocenters. The summed E-state index contributed by atoms with van der Waals surface area (Å²) < 4.78 is 5.43. The van der Waals surface area contributed by atoms with Crippen LogP contribution in [0.25, 0.3) is 11.4 Å². The van der Waals surface area contributed by atoms with Gasteiger partial charge in [-0.1, -0.05) is 6.07 Å². The minimum absolute atomic E-state index is 0.203. The first-order valence-corrected chi connectivity index (χ1v) is 8.40. The fourth-order valence-electron chi connectivity index (χ4n) is 2.34. The zero-order chi connectivity index (χ0) is 19.1. The molecule has 0 bridgehead atoms. The summed E-state index contributed by atoms with van der Waals surface area (Å²) >= 11 is 0. The van der Waals surface area contributed by atoms with E-state index in [-0.39, 0.29) is 12.5 Å². The Hall–Kier alpha value is -3.68. The Morgan fingerprint density at radius 1 is 1.11 bits per heavy atom. The van der Waals surface area contributed by atoms with Crippen molar-refractivity contribution >= 4 is 23.4 Å². The van der Waals surface area contributed by atoms with E-state index in [2.05, 4.69) is 25.6 Å². The number of carboxylic acids is 1. The fraction of sp³-hybridized carbons (Fsp3) is 0.158. The van der Waals surface area contributed by atoms with Crippen LogP contribution in [0.1, 0.15) is 6.92 Å². The van der Waals surface area contributed by atoms with E-state index >= 15 is 0 Å². The van der Waals surface area contributed by atoms with Crippen LogP contribution in [-0.4, -0.2) is 39.2 Å². The average Bonchev–Trinajstić information content (AvgIpc) is 2.69. The number of hydrogen-bond donors (Lipinski definition) is 3. The molecule has 0 aliphatic heterocycles. The molecule has 0 saturated carbocycles. The van der Waals surface area contributed by atoms with Crippen molar-refractivity contribution in [3.8, 4) is 17.1 Å². The van der Waals surface area contributed by atoms with E-state index in [1.54, 1.807) is 12.3 Å². The summed E-state index contributed by atoms with van der Waals surface area (Å²) in [6.45, 7) is 2.25. The molecule has 138 valence electrons. The van der Waals surface area contributed by atoms with E-state index in [1.165, 1.54) is 0 Å². The number of aromatic nitrogens is 3. The normalized spacial score (nSPS) is 10.3. The van der Waals surface area contributed by atoms with Crippen LogP contribution in [0.3, 0.4) is 0 Å². The summed E-state index contributed by atoms with van der Waals surface area (Å²) in [7, 11) is 0. The lowest BCUT2D eigenvalue weighted by Gasteiger charge is -2.11. The number of rotatable bonds is 8. The molecule has 8 nitrogen and oxygen atoms in total. The largest absolute Gasteiger partial charge is 0.494 e. The van der Waals surface area contributed by atoms with Gasteiger partial charge in [0.1, 0.15) is 18.1 Å². The van der Waals surface area contributed by atoms with E-state index in [0.717, 1.165) is 11.4 Å². The third kappa shape index (κ3) is 5.15. The molecule has 0 saturated heterocycles. The number of benzene rings is 1. The minimum Gasteiger partial charge on any atom is -0.494 e. The highest BCUT2D eigenvalue weighted by Crippen LogP contribution is 2.23. The highest BCUT2D eigenvalue weighted by Gasteiger charge is 2.09. The second kappa shape index (κ2) is 8.61. The van der Waals surface area contributed by atoms with Crippen molar-refractivity contribution in [1.82, 2.24) is 15.0 Å². The van der Waals surface area contributed by atoms with Crippen molar-refractivity contribution in [3.63, 3.8) is 0 Å². The first kappa shape index (κ1) is 18.1. The van der Waals surface area contributed by atoms with Crippen LogP contribution in [0.2, 0.25) is 0 Å². The molecule has 0 unspecified atom stereocenters. The maximum atomic E-state index is 10.8. The first-order chi connectivity index (χ1) is 13.1. The topological polar surface area (TPSA) is 109 Å². The van der Waals surface area contributed by atoms with Crippen LogP contribution in [0.15, 0.2) is 54.7 Å². The number of carboxylic acid groups (broad SMARTS) is 1. The maximum Gasteiger partial charge on any atom is 0.322 e. The Morgan fingerprint density at radius 3 is 2.59 bits per heavy atom. The lowest BCUT2D eigenvalue weighted by Crippen LogP contribution is -2.15. The third-order valence-electron chi connectivity index (χ3n) is 3.49. The molecule has 0 amide bonds. The zero-order valence-electron chi connectivity index (χ0n) is 14.7. The van der Waals surface area contributed by atoms with Crippen molar-refractivity contribution < 1.29 is 14.6 Å². The van der Waals surface area contributed by atoms with E-state index in [1.807, 2.05) is 49.4 Å². The lowest BCUT2D eigenvalue weighted by molar-refractivity contribution is -0.134. The number of anilines is 3. The van der Waals surface area contributed by atoms with Gasteiger partial charge in [-0.25, -0.2) is 4.98 Å². The monoisotopic (exact) mass is 365 g/mol. The molecule has 1 aromatic carbocycles. The van der Waals surface area contributed by atoms with Gasteiger partial charge in [0.05, 0.1) is 18.0 Å². The van der Waals surface area contributed by atoms with Gasteiger partial charge in [-0.3, -0.25) is 9.78 Å². The molecular weight excluding hydrogens is 346 g/mol. The van der Waals surface area contributed by atoms with E-state index in [0.29, 0.717) is 23.8 Å². The molecule has 0 aliphatic carbocycles. The average molecular weight is 365 g/mol. The summed E-state index contributed by atoms with van der Waals surface area (Å²) in [5.41, 5.74) is 2.05. The van der Waals surface area contributed by atoms with Gasteiger partial charge in [0.15, 0.2) is 0 Å². The number of ether oxygens (including phenoxy) is 1. The van der Waals surface area contributed by atoms with Crippen molar-refractivity contribution in [2.45, 2.75) is 6.92 Å². The molecule has 2 heterocycles. The molecule has 8 heteroatoms. The predicted octanol–water partition coefficient (Wildman–Crippen LogP) is 3.18. The maximum absolute atomic E-state index is 10.8. The Labute approximate surface area is 156 Å². The molecule has 3 aromatic rings. The van der Waals surface area contributed by atoms with Crippen molar-refractivity contribution in [2.24, 2.45) is 0 Å². The molecule has 0 aliphatic rings. The van der Waals surface area contributed by atoms with Crippen molar-refractivity contribution in [1.29, 1.82) is 0 Å². The Balaban J connectivity index is 1.88.